The van der Waals surface area contributed by atoms with Gasteiger partial charge in [-0.25, -0.2) is 4.68 Å². The molecule has 0 spiro atoms. The molecule has 0 fully saturated rings. The number of hydrogen-bond donors (Lipinski definition) is 1. The lowest BCUT2D eigenvalue weighted by atomic mass is 9.84. The van der Waals surface area contributed by atoms with Gasteiger partial charge in [-0.05, 0) is 79.8 Å². The van der Waals surface area contributed by atoms with E-state index in [9.17, 15) is 18.3 Å². The Hall–Kier alpha value is -4.85. The van der Waals surface area contributed by atoms with Crippen LogP contribution in [0.3, 0.4) is 0 Å². The van der Waals surface area contributed by atoms with Crippen LogP contribution >= 0.6 is 11.6 Å². The SMILES string of the molecule is CCOC(=O)CC(c1ccc(OC)c(CN2Cc3cc(O)ccc3OS2(=O)=O)c1)c1ccc2c(nnn2CCCCOc2ccccc2CCl)c1C. The summed E-state index contributed by atoms with van der Waals surface area (Å²) in [5.74, 6) is 1.02. The van der Waals surface area contributed by atoms with Gasteiger partial charge in [-0.15, -0.1) is 16.7 Å². The van der Waals surface area contributed by atoms with E-state index in [0.717, 1.165) is 51.9 Å². The van der Waals surface area contributed by atoms with Gasteiger partial charge in [-0.1, -0.05) is 41.6 Å². The van der Waals surface area contributed by atoms with E-state index in [1.165, 1.54) is 29.6 Å². The van der Waals surface area contributed by atoms with Crippen LogP contribution in [0, 0.1) is 6.92 Å². The van der Waals surface area contributed by atoms with Crippen LogP contribution in [0.25, 0.3) is 11.0 Å². The number of esters is 1. The maximum absolute atomic E-state index is 13.2. The zero-order chi connectivity index (χ0) is 36.8. The van der Waals surface area contributed by atoms with Crippen molar-refractivity contribution in [2.24, 2.45) is 0 Å². The van der Waals surface area contributed by atoms with E-state index in [0.29, 0.717) is 35.9 Å². The second-order valence-electron chi connectivity index (χ2n) is 12.5. The van der Waals surface area contributed by atoms with Crippen LogP contribution < -0.4 is 13.7 Å². The molecule has 0 bridgehead atoms. The van der Waals surface area contributed by atoms with E-state index in [-0.39, 0.29) is 43.6 Å². The second-order valence-corrected chi connectivity index (χ2v) is 14.3. The molecule has 1 aliphatic rings. The highest BCUT2D eigenvalue weighted by atomic mass is 35.5. The largest absolute Gasteiger partial charge is 0.508 e. The number of benzene rings is 4. The highest BCUT2D eigenvalue weighted by Gasteiger charge is 2.33. The lowest BCUT2D eigenvalue weighted by Gasteiger charge is -2.28. The Morgan fingerprint density at radius 1 is 1.04 bits per heavy atom. The fourth-order valence-electron chi connectivity index (χ4n) is 6.49. The number of nitrogens with zero attached hydrogens (tertiary/aromatic N) is 4. The molecule has 5 aromatic rings. The molecule has 52 heavy (non-hydrogen) atoms. The third kappa shape index (κ3) is 8.11. The molecule has 1 N–H and O–H groups in total. The maximum Gasteiger partial charge on any atom is 0.385 e. The van der Waals surface area contributed by atoms with Crippen molar-refractivity contribution in [1.29, 1.82) is 0 Å². The van der Waals surface area contributed by atoms with Crippen molar-refractivity contribution in [1.82, 2.24) is 19.3 Å². The maximum atomic E-state index is 13.2. The molecule has 0 saturated heterocycles. The van der Waals surface area contributed by atoms with Gasteiger partial charge in [0.05, 0.1) is 38.1 Å². The molecular formula is C38H41ClN4O8S. The molecule has 4 aromatic carbocycles. The Balaban J connectivity index is 1.24. The lowest BCUT2D eigenvalue weighted by molar-refractivity contribution is -0.143. The van der Waals surface area contributed by atoms with E-state index >= 15 is 0 Å². The summed E-state index contributed by atoms with van der Waals surface area (Å²) in [5.41, 5.74) is 6.18. The van der Waals surface area contributed by atoms with Crippen molar-refractivity contribution in [2.45, 2.75) is 64.5 Å². The fourth-order valence-corrected chi connectivity index (χ4v) is 7.80. The quantitative estimate of drug-likeness (QED) is 0.0692. The first-order chi connectivity index (χ1) is 25.1. The first kappa shape index (κ1) is 36.9. The van der Waals surface area contributed by atoms with Crippen LogP contribution in [-0.4, -0.2) is 59.1 Å². The smallest absolute Gasteiger partial charge is 0.385 e. The Bertz CT molecular complexity index is 2170. The molecule has 1 aliphatic heterocycles. The van der Waals surface area contributed by atoms with Gasteiger partial charge < -0.3 is 23.5 Å². The minimum Gasteiger partial charge on any atom is -0.508 e. The van der Waals surface area contributed by atoms with E-state index < -0.39 is 16.2 Å². The van der Waals surface area contributed by atoms with E-state index in [2.05, 4.69) is 10.3 Å². The molecular weight excluding hydrogens is 708 g/mol. The molecule has 1 aromatic heterocycles. The van der Waals surface area contributed by atoms with Gasteiger partial charge in [0.2, 0.25) is 0 Å². The predicted octanol–water partition coefficient (Wildman–Crippen LogP) is 6.78. The lowest BCUT2D eigenvalue weighted by Crippen LogP contribution is -2.37. The zero-order valence-corrected chi connectivity index (χ0v) is 30.8. The van der Waals surface area contributed by atoms with Crippen molar-refractivity contribution < 1.29 is 36.7 Å². The van der Waals surface area contributed by atoms with Crippen molar-refractivity contribution in [3.05, 3.63) is 106 Å². The van der Waals surface area contributed by atoms with Crippen LogP contribution in [0.2, 0.25) is 0 Å². The number of alkyl halides is 1. The van der Waals surface area contributed by atoms with Gasteiger partial charge in [0.15, 0.2) is 0 Å². The number of unbranched alkanes of at least 4 members (excludes halogenated alkanes) is 1. The summed E-state index contributed by atoms with van der Waals surface area (Å²) in [6.45, 7) is 5.08. The molecule has 0 aliphatic carbocycles. The first-order valence-electron chi connectivity index (χ1n) is 17.0. The van der Waals surface area contributed by atoms with Crippen molar-refractivity contribution >= 4 is 38.9 Å². The van der Waals surface area contributed by atoms with Crippen LogP contribution in [0.15, 0.2) is 72.8 Å². The Morgan fingerprint density at radius 2 is 1.87 bits per heavy atom. The molecule has 0 saturated carbocycles. The van der Waals surface area contributed by atoms with Crippen molar-refractivity contribution in [2.75, 3.05) is 20.3 Å². The van der Waals surface area contributed by atoms with Gasteiger partial charge in [0, 0.05) is 42.2 Å². The van der Waals surface area contributed by atoms with Crippen LogP contribution in [0.5, 0.6) is 23.0 Å². The Morgan fingerprint density at radius 3 is 2.65 bits per heavy atom. The second kappa shape index (κ2) is 16.2. The molecule has 14 heteroatoms. The molecule has 0 amide bonds. The number of phenols is 1. The third-order valence-electron chi connectivity index (χ3n) is 9.13. The van der Waals surface area contributed by atoms with E-state index in [1.807, 2.05) is 60.1 Å². The third-order valence-corrected chi connectivity index (χ3v) is 10.7. The number of rotatable bonds is 15. The number of ether oxygens (including phenoxy) is 3. The summed E-state index contributed by atoms with van der Waals surface area (Å²) >= 11 is 6.04. The van der Waals surface area contributed by atoms with Crippen molar-refractivity contribution in [3.8, 4) is 23.0 Å². The average molecular weight is 749 g/mol. The predicted molar refractivity (Wildman–Crippen MR) is 196 cm³/mol. The number of carbonyl (C=O) groups is 1. The monoisotopic (exact) mass is 748 g/mol. The van der Waals surface area contributed by atoms with Crippen LogP contribution in [-0.2, 0) is 45.3 Å². The molecule has 1 unspecified atom stereocenters. The van der Waals surface area contributed by atoms with E-state index in [4.69, 9.17) is 30.0 Å². The number of halogens is 1. The fraction of sp³-hybridized carbons (Fsp3) is 0.342. The number of hydrogen-bond acceptors (Lipinski definition) is 10. The van der Waals surface area contributed by atoms with Gasteiger partial charge in [-0.3, -0.25) is 4.79 Å². The highest BCUT2D eigenvalue weighted by Crippen LogP contribution is 2.38. The standard InChI is InChI=1S/C38H41ClN4O8S/c1-4-49-37(45)21-32(26-11-15-34(48-3)28(19-26)23-42-24-29-20-30(44)12-16-36(29)51-52(42,46)47)31-13-14-33-38(25(31)2)40-41-43(33)17-7-8-18-50-35-10-6-5-9-27(35)22-39/h5-6,9-16,19-20,32,44H,4,7-8,17-18,21-24H2,1-3H3. The Labute approximate surface area is 308 Å². The summed E-state index contributed by atoms with van der Waals surface area (Å²) in [7, 11) is -2.63. The molecule has 2 heterocycles. The highest BCUT2D eigenvalue weighted by molar-refractivity contribution is 7.84. The van der Waals surface area contributed by atoms with Gasteiger partial charge >= 0.3 is 16.3 Å². The molecule has 274 valence electrons. The molecule has 0 radical (unpaired) electrons. The Kier molecular flexibility index (Phi) is 11.5. The average Bonchev–Trinajstić information content (AvgIpc) is 3.55. The zero-order valence-electron chi connectivity index (χ0n) is 29.2. The topological polar surface area (TPSA) is 142 Å². The number of carbonyl (C=O) groups excluding carboxylic acids is 1. The minimum atomic E-state index is -4.15. The van der Waals surface area contributed by atoms with Crippen molar-refractivity contribution in [3.63, 3.8) is 0 Å². The molecule has 12 nitrogen and oxygen atoms in total. The van der Waals surface area contributed by atoms with E-state index in [1.54, 1.807) is 13.0 Å². The molecule has 6 rings (SSSR count). The number of para-hydroxylation sites is 1. The number of aromatic nitrogens is 3. The number of aromatic hydroxyl groups is 1. The van der Waals surface area contributed by atoms with Crippen LogP contribution in [0.1, 0.15) is 65.5 Å². The summed E-state index contributed by atoms with van der Waals surface area (Å²) in [6, 6.07) is 21.5. The van der Waals surface area contributed by atoms with Gasteiger partial charge in [0.1, 0.15) is 28.5 Å². The van der Waals surface area contributed by atoms with Crippen LogP contribution in [0.4, 0.5) is 0 Å². The first-order valence-corrected chi connectivity index (χ1v) is 18.9. The summed E-state index contributed by atoms with van der Waals surface area (Å²) in [5, 5.41) is 19.0. The van der Waals surface area contributed by atoms with Gasteiger partial charge in [0.25, 0.3) is 0 Å². The number of aryl methyl sites for hydroxylation is 2. The summed E-state index contributed by atoms with van der Waals surface area (Å²) < 4.78 is 51.7. The number of fused-ring (bicyclic) bond motifs is 2. The summed E-state index contributed by atoms with van der Waals surface area (Å²) in [6.07, 6.45) is 1.69. The number of methoxy groups -OCH3 is 1. The van der Waals surface area contributed by atoms with Gasteiger partial charge in [-0.2, -0.15) is 12.7 Å². The minimum absolute atomic E-state index is 0.00490. The number of phenolic OH excluding ortho intramolecular Hbond substituents is 1. The normalized spacial score (nSPS) is 14.4. The summed E-state index contributed by atoms with van der Waals surface area (Å²) in [4.78, 5) is 13.0. The molecule has 1 atom stereocenters.